The molecular formula is C15H18ClFN2O2. The monoisotopic (exact) mass is 312 g/mol. The fourth-order valence-corrected chi connectivity index (χ4v) is 2.59. The van der Waals surface area contributed by atoms with E-state index in [1.807, 2.05) is 13.8 Å². The molecule has 0 radical (unpaired) electrons. The zero-order chi connectivity index (χ0) is 15.6. The van der Waals surface area contributed by atoms with Crippen LogP contribution in [0.4, 0.5) is 4.39 Å². The Hall–Kier alpha value is -1.62. The number of nitrogens with one attached hydrogen (secondary N) is 1. The lowest BCUT2D eigenvalue weighted by atomic mass is 10.0. The summed E-state index contributed by atoms with van der Waals surface area (Å²) in [5.74, 6) is -0.476. The summed E-state index contributed by atoms with van der Waals surface area (Å²) in [6.45, 7) is 4.08. The third kappa shape index (κ3) is 3.94. The van der Waals surface area contributed by atoms with Gasteiger partial charge in [-0.2, -0.15) is 0 Å². The highest BCUT2D eigenvalue weighted by Crippen LogP contribution is 2.21. The number of carbonyl (C=O) groups excluding carboxylic acids is 2. The van der Waals surface area contributed by atoms with Crippen molar-refractivity contribution < 1.29 is 14.0 Å². The molecule has 4 nitrogen and oxygen atoms in total. The summed E-state index contributed by atoms with van der Waals surface area (Å²) in [6.07, 6.45) is 0.581. The lowest BCUT2D eigenvalue weighted by Crippen LogP contribution is -2.57. The number of piperazine rings is 1. The number of amides is 2. The average molecular weight is 313 g/mol. The average Bonchev–Trinajstić information content (AvgIpc) is 2.38. The molecule has 6 heteroatoms. The van der Waals surface area contributed by atoms with Gasteiger partial charge in [0.2, 0.25) is 11.8 Å². The first-order valence-corrected chi connectivity index (χ1v) is 7.26. The van der Waals surface area contributed by atoms with Gasteiger partial charge in [0.25, 0.3) is 0 Å². The normalized spacial score (nSPS) is 19.1. The largest absolute Gasteiger partial charge is 0.343 e. The molecule has 1 atom stereocenters. The topological polar surface area (TPSA) is 49.4 Å². The lowest BCUT2D eigenvalue weighted by molar-refractivity contribution is -0.145. The van der Waals surface area contributed by atoms with E-state index in [1.165, 1.54) is 23.1 Å². The molecule has 0 bridgehead atoms. The molecule has 2 rings (SSSR count). The second-order valence-electron chi connectivity index (χ2n) is 5.68. The molecule has 0 spiro atoms. The van der Waals surface area contributed by atoms with Gasteiger partial charge >= 0.3 is 0 Å². The highest BCUT2D eigenvalue weighted by Gasteiger charge is 2.33. The molecule has 1 aliphatic rings. The fraction of sp³-hybridized carbons (Fsp3) is 0.467. The first kappa shape index (κ1) is 15.8. The van der Waals surface area contributed by atoms with Crippen LogP contribution in [0.15, 0.2) is 18.2 Å². The Labute approximate surface area is 128 Å². The molecule has 1 aromatic rings. The molecule has 0 aliphatic carbocycles. The van der Waals surface area contributed by atoms with E-state index in [-0.39, 0.29) is 30.8 Å². The minimum absolute atomic E-state index is 0.0275. The second kappa shape index (κ2) is 6.43. The van der Waals surface area contributed by atoms with Crippen LogP contribution in [0, 0.1) is 11.7 Å². The van der Waals surface area contributed by atoms with Gasteiger partial charge in [-0.15, -0.1) is 0 Å². The van der Waals surface area contributed by atoms with Crippen LogP contribution in [0.25, 0.3) is 0 Å². The van der Waals surface area contributed by atoms with E-state index in [4.69, 9.17) is 11.6 Å². The molecule has 0 saturated carbocycles. The van der Waals surface area contributed by atoms with Crippen molar-refractivity contribution in [3.8, 4) is 0 Å². The van der Waals surface area contributed by atoms with Gasteiger partial charge in [-0.05, 0) is 36.1 Å². The maximum absolute atomic E-state index is 13.3. The Morgan fingerprint density at radius 3 is 2.81 bits per heavy atom. The van der Waals surface area contributed by atoms with Crippen molar-refractivity contribution in [1.82, 2.24) is 10.2 Å². The van der Waals surface area contributed by atoms with Crippen molar-refractivity contribution in [2.24, 2.45) is 5.92 Å². The van der Waals surface area contributed by atoms with E-state index in [0.717, 1.165) is 0 Å². The number of hydrogen-bond donors (Lipinski definition) is 1. The SMILES string of the molecule is CC(C)CC1NC(=O)CN(Cc2cc(F)ccc2Cl)C1=O. The van der Waals surface area contributed by atoms with Crippen molar-refractivity contribution in [1.29, 1.82) is 0 Å². The van der Waals surface area contributed by atoms with E-state index in [1.54, 1.807) is 0 Å². The Kier molecular flexibility index (Phi) is 4.83. The van der Waals surface area contributed by atoms with Gasteiger partial charge in [-0.1, -0.05) is 25.4 Å². The van der Waals surface area contributed by atoms with Crippen LogP contribution in [-0.2, 0) is 16.1 Å². The van der Waals surface area contributed by atoms with E-state index in [2.05, 4.69) is 5.32 Å². The molecule has 1 heterocycles. The third-order valence-electron chi connectivity index (χ3n) is 3.36. The summed E-state index contributed by atoms with van der Waals surface area (Å²) < 4.78 is 13.3. The number of benzene rings is 1. The van der Waals surface area contributed by atoms with Crippen LogP contribution in [0.2, 0.25) is 5.02 Å². The van der Waals surface area contributed by atoms with Crippen LogP contribution in [0.1, 0.15) is 25.8 Å². The summed E-state index contributed by atoms with van der Waals surface area (Å²) >= 11 is 6.02. The molecule has 1 fully saturated rings. The fourth-order valence-electron chi connectivity index (χ4n) is 2.41. The smallest absolute Gasteiger partial charge is 0.245 e. The number of rotatable bonds is 4. The summed E-state index contributed by atoms with van der Waals surface area (Å²) in [4.78, 5) is 25.5. The summed E-state index contributed by atoms with van der Waals surface area (Å²) in [5, 5.41) is 3.09. The summed E-state index contributed by atoms with van der Waals surface area (Å²) in [7, 11) is 0. The number of halogens is 2. The Bertz CT molecular complexity index is 563. The standard InChI is InChI=1S/C15H18ClFN2O2/c1-9(2)5-13-15(21)19(8-14(20)18-13)7-10-6-11(17)3-4-12(10)16/h3-4,6,9,13H,5,7-8H2,1-2H3,(H,18,20). The van der Waals surface area contributed by atoms with Gasteiger partial charge in [0.05, 0.1) is 6.54 Å². The quantitative estimate of drug-likeness (QED) is 0.928. The Balaban J connectivity index is 2.16. The lowest BCUT2D eigenvalue weighted by Gasteiger charge is -2.33. The van der Waals surface area contributed by atoms with Gasteiger partial charge in [0.15, 0.2) is 0 Å². The molecule has 1 saturated heterocycles. The number of nitrogens with zero attached hydrogens (tertiary/aromatic N) is 1. The predicted molar refractivity (Wildman–Crippen MR) is 78.2 cm³/mol. The first-order valence-electron chi connectivity index (χ1n) is 6.89. The first-order chi connectivity index (χ1) is 9.86. The van der Waals surface area contributed by atoms with Crippen LogP contribution in [0.5, 0.6) is 0 Å². The van der Waals surface area contributed by atoms with Crippen LogP contribution in [0.3, 0.4) is 0 Å². The van der Waals surface area contributed by atoms with Gasteiger partial charge < -0.3 is 10.2 Å². The van der Waals surface area contributed by atoms with E-state index >= 15 is 0 Å². The van der Waals surface area contributed by atoms with Crippen molar-refractivity contribution in [2.75, 3.05) is 6.54 Å². The predicted octanol–water partition coefficient (Wildman–Crippen LogP) is 2.35. The van der Waals surface area contributed by atoms with E-state index in [9.17, 15) is 14.0 Å². The molecule has 2 amide bonds. The van der Waals surface area contributed by atoms with Crippen molar-refractivity contribution in [3.05, 3.63) is 34.6 Å². The highest BCUT2D eigenvalue weighted by molar-refractivity contribution is 6.31. The minimum Gasteiger partial charge on any atom is -0.343 e. The maximum atomic E-state index is 13.3. The number of hydrogen-bond acceptors (Lipinski definition) is 2. The number of carbonyl (C=O) groups is 2. The summed E-state index contributed by atoms with van der Waals surface area (Å²) in [6, 6.07) is 3.49. The van der Waals surface area contributed by atoms with Crippen LogP contribution >= 0.6 is 11.6 Å². The van der Waals surface area contributed by atoms with Crippen LogP contribution in [-0.4, -0.2) is 29.3 Å². The molecule has 1 unspecified atom stereocenters. The molecule has 1 aromatic carbocycles. The molecular weight excluding hydrogens is 295 g/mol. The third-order valence-corrected chi connectivity index (χ3v) is 3.72. The van der Waals surface area contributed by atoms with Gasteiger partial charge in [-0.3, -0.25) is 9.59 Å². The van der Waals surface area contributed by atoms with Crippen molar-refractivity contribution in [2.45, 2.75) is 32.9 Å². The minimum atomic E-state index is -0.515. The second-order valence-corrected chi connectivity index (χ2v) is 6.09. The van der Waals surface area contributed by atoms with Gasteiger partial charge in [0.1, 0.15) is 11.9 Å². The zero-order valence-corrected chi connectivity index (χ0v) is 12.8. The van der Waals surface area contributed by atoms with Crippen molar-refractivity contribution >= 4 is 23.4 Å². The van der Waals surface area contributed by atoms with E-state index in [0.29, 0.717) is 17.0 Å². The summed E-state index contributed by atoms with van der Waals surface area (Å²) in [5.41, 5.74) is 0.503. The molecule has 1 aliphatic heterocycles. The molecule has 1 N–H and O–H groups in total. The van der Waals surface area contributed by atoms with Gasteiger partial charge in [-0.25, -0.2) is 4.39 Å². The van der Waals surface area contributed by atoms with E-state index < -0.39 is 11.9 Å². The molecule has 114 valence electrons. The van der Waals surface area contributed by atoms with Crippen molar-refractivity contribution in [3.63, 3.8) is 0 Å². The molecule has 21 heavy (non-hydrogen) atoms. The highest BCUT2D eigenvalue weighted by atomic mass is 35.5. The molecule has 0 aromatic heterocycles. The maximum Gasteiger partial charge on any atom is 0.245 e. The Morgan fingerprint density at radius 1 is 1.43 bits per heavy atom. The van der Waals surface area contributed by atoms with Gasteiger partial charge in [0, 0.05) is 11.6 Å². The Morgan fingerprint density at radius 2 is 2.14 bits per heavy atom. The zero-order valence-electron chi connectivity index (χ0n) is 12.0. The van der Waals surface area contributed by atoms with Crippen LogP contribution < -0.4 is 5.32 Å².